The molecule has 0 unspecified atom stereocenters. The van der Waals surface area contributed by atoms with Crippen LogP contribution >= 0.6 is 0 Å². The van der Waals surface area contributed by atoms with Gasteiger partial charge in [-0.2, -0.15) is 0 Å². The fourth-order valence-electron chi connectivity index (χ4n) is 3.31. The third-order valence-corrected chi connectivity index (χ3v) is 6.31. The zero-order valence-electron chi connectivity index (χ0n) is 14.7. The van der Waals surface area contributed by atoms with Crippen molar-refractivity contribution in [2.24, 2.45) is 0 Å². The third-order valence-electron chi connectivity index (χ3n) is 4.80. The van der Waals surface area contributed by atoms with E-state index in [-0.39, 0.29) is 28.4 Å². The molecule has 0 aromatic heterocycles. The number of ether oxygens (including phenoxy) is 1. The second-order valence-electron chi connectivity index (χ2n) is 6.64. The predicted molar refractivity (Wildman–Crippen MR) is 99.1 cm³/mol. The first-order chi connectivity index (χ1) is 12.3. The van der Waals surface area contributed by atoms with Gasteiger partial charge in [0.15, 0.2) is 5.75 Å². The molecule has 0 radical (unpaired) electrons. The summed E-state index contributed by atoms with van der Waals surface area (Å²) in [5, 5.41) is 3.03. The summed E-state index contributed by atoms with van der Waals surface area (Å²) in [7, 11) is -2.33. The van der Waals surface area contributed by atoms with Gasteiger partial charge in [-0.25, -0.2) is 13.1 Å². The third kappa shape index (κ3) is 3.52. The molecule has 1 saturated carbocycles. The Labute approximate surface area is 152 Å². The van der Waals surface area contributed by atoms with Crippen LogP contribution in [0.5, 0.6) is 5.75 Å². The first-order valence-electron chi connectivity index (χ1n) is 8.56. The van der Waals surface area contributed by atoms with E-state index in [0.717, 1.165) is 18.4 Å². The molecular weight excluding hydrogens is 356 g/mol. The van der Waals surface area contributed by atoms with Crippen LogP contribution < -0.4 is 25.6 Å². The topological polar surface area (TPSA) is 102 Å². The first-order valence-corrected chi connectivity index (χ1v) is 10.0. The summed E-state index contributed by atoms with van der Waals surface area (Å²) in [5.41, 5.74) is -0.146. The van der Waals surface area contributed by atoms with Crippen LogP contribution in [-0.2, 0) is 10.0 Å². The molecule has 1 aliphatic rings. The Morgan fingerprint density at radius 1 is 1.00 bits per heavy atom. The number of anilines is 1. The molecule has 0 amide bonds. The zero-order chi connectivity index (χ0) is 18.9. The average molecular weight is 378 g/mol. The van der Waals surface area contributed by atoms with Crippen molar-refractivity contribution in [3.63, 3.8) is 0 Å². The van der Waals surface area contributed by atoms with E-state index < -0.39 is 20.9 Å². The van der Waals surface area contributed by atoms with Crippen LogP contribution in [0.25, 0.3) is 0 Å². The second kappa shape index (κ2) is 7.20. The summed E-state index contributed by atoms with van der Waals surface area (Å²) < 4.78 is 33.0. The molecule has 0 saturated heterocycles. The Hall–Kier alpha value is -2.19. The van der Waals surface area contributed by atoms with Gasteiger partial charge in [0, 0.05) is 12.1 Å². The van der Waals surface area contributed by atoms with Crippen LogP contribution in [0.1, 0.15) is 31.2 Å². The molecule has 0 bridgehead atoms. The lowest BCUT2D eigenvalue weighted by atomic mass is 9.90. The highest BCUT2D eigenvalue weighted by atomic mass is 32.2. The molecule has 8 heteroatoms. The molecule has 3 rings (SSSR count). The maximum atomic E-state index is 12.7. The van der Waals surface area contributed by atoms with Gasteiger partial charge in [-0.3, -0.25) is 9.59 Å². The largest absolute Gasteiger partial charge is 0.491 e. The van der Waals surface area contributed by atoms with Crippen molar-refractivity contribution >= 4 is 15.7 Å². The van der Waals surface area contributed by atoms with Gasteiger partial charge in [-0.15, -0.1) is 0 Å². The maximum Gasteiger partial charge on any atom is 0.271 e. The minimum atomic E-state index is -3.67. The number of rotatable bonds is 6. The average Bonchev–Trinajstić information content (AvgIpc) is 2.62. The number of hydrogen-bond acceptors (Lipinski definition) is 6. The SMILES string of the molecule is COc1c(N[C@@H]2CCCC[C@H]2NS(=O)(=O)c2ccc(C)cc2)c(=O)c1=O. The normalized spacial score (nSPS) is 20.8. The van der Waals surface area contributed by atoms with E-state index in [4.69, 9.17) is 4.74 Å². The van der Waals surface area contributed by atoms with Crippen molar-refractivity contribution < 1.29 is 13.2 Å². The Morgan fingerprint density at radius 3 is 2.23 bits per heavy atom. The van der Waals surface area contributed by atoms with E-state index in [0.29, 0.717) is 12.8 Å². The molecule has 2 aromatic rings. The molecule has 2 atom stereocenters. The van der Waals surface area contributed by atoms with E-state index in [1.807, 2.05) is 6.92 Å². The number of sulfonamides is 1. The molecule has 0 aliphatic heterocycles. The van der Waals surface area contributed by atoms with Crippen LogP contribution in [-0.4, -0.2) is 27.6 Å². The Kier molecular flexibility index (Phi) is 5.15. The number of hydrogen-bond donors (Lipinski definition) is 2. The van der Waals surface area contributed by atoms with E-state index in [2.05, 4.69) is 10.0 Å². The van der Waals surface area contributed by atoms with Crippen molar-refractivity contribution in [3.8, 4) is 5.75 Å². The number of aryl methyl sites for hydroxylation is 1. The maximum absolute atomic E-state index is 12.7. The fourth-order valence-corrected chi connectivity index (χ4v) is 4.62. The first kappa shape index (κ1) is 18.6. The van der Waals surface area contributed by atoms with Gasteiger partial charge in [0.25, 0.3) is 10.9 Å². The summed E-state index contributed by atoms with van der Waals surface area (Å²) in [6.45, 7) is 1.89. The van der Waals surface area contributed by atoms with Crippen LogP contribution in [0, 0.1) is 6.92 Å². The van der Waals surface area contributed by atoms with Gasteiger partial charge in [0.05, 0.1) is 12.0 Å². The molecule has 1 fully saturated rings. The molecule has 2 aromatic carbocycles. The molecule has 2 N–H and O–H groups in total. The minimum absolute atomic E-state index is 0.0146. The highest BCUT2D eigenvalue weighted by Gasteiger charge is 2.32. The van der Waals surface area contributed by atoms with Crippen LogP contribution in [0.3, 0.4) is 0 Å². The van der Waals surface area contributed by atoms with Crippen molar-refractivity contribution in [3.05, 3.63) is 50.3 Å². The lowest BCUT2D eigenvalue weighted by Crippen LogP contribution is -2.50. The molecule has 0 heterocycles. The zero-order valence-corrected chi connectivity index (χ0v) is 15.6. The molecule has 140 valence electrons. The van der Waals surface area contributed by atoms with Crippen LogP contribution in [0.2, 0.25) is 0 Å². The molecule has 1 aliphatic carbocycles. The lowest BCUT2D eigenvalue weighted by Gasteiger charge is -2.33. The fraction of sp³-hybridized carbons (Fsp3) is 0.444. The standard InChI is InChI=1S/C18H22N2O5S/c1-11-7-9-12(10-8-11)26(23,24)20-14-6-4-3-5-13(14)19-15-16(21)17(22)18(15)25-2/h7-10,13-14,19-20H,3-6H2,1-2H3/t13-,14-/m1/s1. The molecule has 0 spiro atoms. The van der Waals surface area contributed by atoms with Gasteiger partial charge < -0.3 is 10.1 Å². The predicted octanol–water partition coefficient (Wildman–Crippen LogP) is 1.30. The van der Waals surface area contributed by atoms with E-state index >= 15 is 0 Å². The van der Waals surface area contributed by atoms with Crippen LogP contribution in [0.4, 0.5) is 5.69 Å². The summed E-state index contributed by atoms with van der Waals surface area (Å²) in [5.74, 6) is 0.0146. The number of benzene rings is 1. The van der Waals surface area contributed by atoms with Crippen LogP contribution in [0.15, 0.2) is 38.8 Å². The highest BCUT2D eigenvalue weighted by molar-refractivity contribution is 7.89. The van der Waals surface area contributed by atoms with E-state index in [9.17, 15) is 18.0 Å². The lowest BCUT2D eigenvalue weighted by molar-refractivity contribution is 0.373. The summed E-state index contributed by atoms with van der Waals surface area (Å²) >= 11 is 0. The van der Waals surface area contributed by atoms with Crippen molar-refractivity contribution in [2.45, 2.75) is 49.6 Å². The van der Waals surface area contributed by atoms with Gasteiger partial charge in [-0.1, -0.05) is 30.5 Å². The smallest absolute Gasteiger partial charge is 0.271 e. The quantitative estimate of drug-likeness (QED) is 0.735. The minimum Gasteiger partial charge on any atom is -0.491 e. The Balaban J connectivity index is 1.79. The number of nitrogens with one attached hydrogen (secondary N) is 2. The van der Waals surface area contributed by atoms with Crippen molar-refractivity contribution in [1.82, 2.24) is 4.72 Å². The van der Waals surface area contributed by atoms with Gasteiger partial charge in [-0.05, 0) is 31.9 Å². The van der Waals surface area contributed by atoms with E-state index in [1.54, 1.807) is 24.3 Å². The van der Waals surface area contributed by atoms with E-state index in [1.165, 1.54) is 7.11 Å². The van der Waals surface area contributed by atoms with Crippen molar-refractivity contribution in [1.29, 1.82) is 0 Å². The van der Waals surface area contributed by atoms with Gasteiger partial charge in [0.2, 0.25) is 10.0 Å². The summed E-state index contributed by atoms with van der Waals surface area (Å²) in [6.07, 6.45) is 3.16. The van der Waals surface area contributed by atoms with Gasteiger partial charge in [0.1, 0.15) is 5.69 Å². The van der Waals surface area contributed by atoms with Crippen molar-refractivity contribution in [2.75, 3.05) is 12.4 Å². The van der Waals surface area contributed by atoms with Gasteiger partial charge >= 0.3 is 0 Å². The summed E-state index contributed by atoms with van der Waals surface area (Å²) in [4.78, 5) is 23.5. The molecule has 26 heavy (non-hydrogen) atoms. The summed E-state index contributed by atoms with van der Waals surface area (Å²) in [6, 6.07) is 6.00. The number of methoxy groups -OCH3 is 1. The second-order valence-corrected chi connectivity index (χ2v) is 8.36. The Morgan fingerprint density at radius 2 is 1.62 bits per heavy atom. The highest BCUT2D eigenvalue weighted by Crippen LogP contribution is 2.26. The molecular formula is C18H22N2O5S. The monoisotopic (exact) mass is 378 g/mol. The molecule has 7 nitrogen and oxygen atoms in total. The Bertz CT molecular complexity index is 959.